The number of aliphatic hydroxyl groups is 1. The van der Waals surface area contributed by atoms with Gasteiger partial charge in [-0.2, -0.15) is 0 Å². The van der Waals surface area contributed by atoms with Gasteiger partial charge in [-0.25, -0.2) is 4.98 Å². The van der Waals surface area contributed by atoms with Gasteiger partial charge in [-0.1, -0.05) is 24.8 Å². The summed E-state index contributed by atoms with van der Waals surface area (Å²) in [6.45, 7) is 3.87. The fourth-order valence-electron chi connectivity index (χ4n) is 4.51. The van der Waals surface area contributed by atoms with Gasteiger partial charge in [0.2, 0.25) is 0 Å². The summed E-state index contributed by atoms with van der Waals surface area (Å²) in [6.07, 6.45) is 5.91. The van der Waals surface area contributed by atoms with E-state index in [0.717, 1.165) is 55.1 Å². The second kappa shape index (κ2) is 10.4. The number of aliphatic hydroxyl groups excluding tert-OH is 1. The normalized spacial score (nSPS) is 19.3. The first-order valence-corrected chi connectivity index (χ1v) is 12.1. The molecule has 2 fully saturated rings. The van der Waals surface area contributed by atoms with Gasteiger partial charge in [-0.15, -0.1) is 0 Å². The molecule has 2 aliphatic rings. The van der Waals surface area contributed by atoms with Gasteiger partial charge >= 0.3 is 0 Å². The van der Waals surface area contributed by atoms with E-state index in [1.807, 2.05) is 42.5 Å². The van der Waals surface area contributed by atoms with Crippen LogP contribution in [0.25, 0.3) is 11.3 Å². The molecule has 3 atom stereocenters. The third-order valence-electron chi connectivity index (χ3n) is 6.40. The van der Waals surface area contributed by atoms with Crippen molar-refractivity contribution in [3.05, 3.63) is 66.0 Å². The maximum Gasteiger partial charge on any atom is 0.138 e. The predicted molar refractivity (Wildman–Crippen MR) is 135 cm³/mol. The molecule has 5 rings (SSSR count). The van der Waals surface area contributed by atoms with E-state index in [0.29, 0.717) is 29.2 Å². The van der Waals surface area contributed by atoms with Crippen molar-refractivity contribution in [1.29, 1.82) is 0 Å². The van der Waals surface area contributed by atoms with Crippen molar-refractivity contribution in [3.8, 4) is 34.6 Å². The number of unbranched alkanes of at least 4 members (excludes halogenated alkanes) is 1. The summed E-state index contributed by atoms with van der Waals surface area (Å²) in [5, 5.41) is 10.0. The van der Waals surface area contributed by atoms with E-state index in [-0.39, 0.29) is 6.54 Å². The number of nitrogens with zero attached hydrogens (tertiary/aromatic N) is 3. The summed E-state index contributed by atoms with van der Waals surface area (Å²) in [6, 6.07) is 13.8. The number of rotatable bonds is 7. The van der Waals surface area contributed by atoms with E-state index < -0.39 is 6.10 Å². The molecular formula is C28H30N4O3. The van der Waals surface area contributed by atoms with Crippen LogP contribution in [0.4, 0.5) is 5.82 Å². The summed E-state index contributed by atoms with van der Waals surface area (Å²) in [5.41, 5.74) is 8.73. The van der Waals surface area contributed by atoms with E-state index in [1.165, 1.54) is 0 Å². The molecule has 7 heteroatoms. The summed E-state index contributed by atoms with van der Waals surface area (Å²) >= 11 is 0. The number of hydrogen-bond acceptors (Lipinski definition) is 7. The van der Waals surface area contributed by atoms with Crippen LogP contribution >= 0.6 is 0 Å². The van der Waals surface area contributed by atoms with Gasteiger partial charge in [-0.05, 0) is 43.2 Å². The van der Waals surface area contributed by atoms with E-state index in [9.17, 15) is 5.11 Å². The number of morpholine rings is 1. The summed E-state index contributed by atoms with van der Waals surface area (Å²) in [4.78, 5) is 11.5. The van der Waals surface area contributed by atoms with Crippen molar-refractivity contribution in [1.82, 2.24) is 9.97 Å². The molecule has 0 saturated carbocycles. The first-order valence-electron chi connectivity index (χ1n) is 12.1. The van der Waals surface area contributed by atoms with Crippen molar-refractivity contribution < 1.29 is 14.6 Å². The Hall–Kier alpha value is -3.44. The standard InChI is InChI=1S/C28H30N4O3/c1-2-3-4-5-19-6-8-24(25-9-7-20(16-31-25)26(33)15-29)27(12-19)35-22-10-11-30-28(14-22)32-17-23-13-21(32)18-34-23/h6-12,14,16,21,23,26,33H,2-3,13,15,17-18,29H2,1H3. The van der Waals surface area contributed by atoms with Crippen LogP contribution in [0.1, 0.15) is 43.4 Å². The molecule has 3 aromatic rings. The molecule has 3 unspecified atom stereocenters. The number of benzene rings is 1. The fourth-order valence-corrected chi connectivity index (χ4v) is 4.51. The highest BCUT2D eigenvalue weighted by molar-refractivity contribution is 5.69. The van der Waals surface area contributed by atoms with Gasteiger partial charge in [0.15, 0.2) is 0 Å². The Balaban J connectivity index is 1.46. The van der Waals surface area contributed by atoms with E-state index in [1.54, 1.807) is 12.4 Å². The molecule has 2 aromatic heterocycles. The smallest absolute Gasteiger partial charge is 0.138 e. The molecule has 4 heterocycles. The lowest BCUT2D eigenvalue weighted by molar-refractivity contribution is 0.0989. The first-order chi connectivity index (χ1) is 17.1. The lowest BCUT2D eigenvalue weighted by Gasteiger charge is -2.28. The van der Waals surface area contributed by atoms with Crippen molar-refractivity contribution in [2.75, 3.05) is 24.6 Å². The van der Waals surface area contributed by atoms with Crippen LogP contribution in [-0.4, -0.2) is 46.9 Å². The molecule has 0 radical (unpaired) electrons. The second-order valence-corrected chi connectivity index (χ2v) is 8.94. The van der Waals surface area contributed by atoms with E-state index in [2.05, 4.69) is 33.6 Å². The van der Waals surface area contributed by atoms with E-state index in [4.69, 9.17) is 15.2 Å². The Morgan fingerprint density at radius 2 is 2.14 bits per heavy atom. The third-order valence-corrected chi connectivity index (χ3v) is 6.40. The number of fused-ring (bicyclic) bond motifs is 2. The first kappa shape index (κ1) is 23.3. The second-order valence-electron chi connectivity index (χ2n) is 8.94. The maximum atomic E-state index is 10.0. The van der Waals surface area contributed by atoms with Gasteiger partial charge in [0.05, 0.1) is 30.6 Å². The number of ether oxygens (including phenoxy) is 2. The Kier molecular flexibility index (Phi) is 6.96. The molecular weight excluding hydrogens is 440 g/mol. The molecule has 0 spiro atoms. The van der Waals surface area contributed by atoms with Gasteiger partial charge in [0.25, 0.3) is 0 Å². The van der Waals surface area contributed by atoms with Crippen LogP contribution in [-0.2, 0) is 4.74 Å². The molecule has 2 bridgehead atoms. The highest BCUT2D eigenvalue weighted by Gasteiger charge is 2.39. The fraction of sp³-hybridized carbons (Fsp3) is 0.357. The van der Waals surface area contributed by atoms with E-state index >= 15 is 0 Å². The summed E-state index contributed by atoms with van der Waals surface area (Å²) in [7, 11) is 0. The zero-order valence-electron chi connectivity index (χ0n) is 19.9. The van der Waals surface area contributed by atoms with Gasteiger partial charge in [0, 0.05) is 54.7 Å². The van der Waals surface area contributed by atoms with Crippen molar-refractivity contribution in [2.45, 2.75) is 44.4 Å². The molecule has 0 aliphatic carbocycles. The van der Waals surface area contributed by atoms with Crippen molar-refractivity contribution in [2.24, 2.45) is 5.73 Å². The Labute approximate surface area is 205 Å². The zero-order chi connectivity index (χ0) is 24.2. The number of hydrogen-bond donors (Lipinski definition) is 2. The van der Waals surface area contributed by atoms with Crippen molar-refractivity contribution >= 4 is 5.82 Å². The average molecular weight is 471 g/mol. The summed E-state index contributed by atoms with van der Waals surface area (Å²) < 4.78 is 12.1. The van der Waals surface area contributed by atoms with Gasteiger partial charge < -0.3 is 25.2 Å². The highest BCUT2D eigenvalue weighted by Crippen LogP contribution is 2.36. The summed E-state index contributed by atoms with van der Waals surface area (Å²) in [5.74, 6) is 8.69. The minimum Gasteiger partial charge on any atom is -0.456 e. The van der Waals surface area contributed by atoms with Crippen LogP contribution in [0.3, 0.4) is 0 Å². The SMILES string of the molecule is CCCC#Cc1ccc(-c2ccc(C(O)CN)cn2)c(Oc2ccnc(N3CC4CC3CO4)c2)c1. The molecule has 3 N–H and O–H groups in total. The average Bonchev–Trinajstić information content (AvgIpc) is 3.53. The van der Waals surface area contributed by atoms with Crippen LogP contribution in [0, 0.1) is 11.8 Å². The molecule has 2 aliphatic heterocycles. The highest BCUT2D eigenvalue weighted by atomic mass is 16.5. The zero-order valence-corrected chi connectivity index (χ0v) is 19.9. The van der Waals surface area contributed by atoms with Crippen LogP contribution in [0.5, 0.6) is 11.5 Å². The lowest BCUT2D eigenvalue weighted by atomic mass is 10.0. The number of nitrogens with two attached hydrogens (primary N) is 1. The number of pyridine rings is 2. The number of aromatic nitrogens is 2. The Morgan fingerprint density at radius 1 is 1.23 bits per heavy atom. The Bertz CT molecular complexity index is 1230. The van der Waals surface area contributed by atoms with Crippen molar-refractivity contribution in [3.63, 3.8) is 0 Å². The topological polar surface area (TPSA) is 93.7 Å². The minimum atomic E-state index is -0.732. The van der Waals surface area contributed by atoms with Gasteiger partial charge in [0.1, 0.15) is 17.3 Å². The molecule has 7 nitrogen and oxygen atoms in total. The van der Waals surface area contributed by atoms with Crippen LogP contribution < -0.4 is 15.4 Å². The van der Waals surface area contributed by atoms with Crippen LogP contribution in [0.2, 0.25) is 0 Å². The Morgan fingerprint density at radius 3 is 2.86 bits per heavy atom. The molecule has 1 aromatic carbocycles. The molecule has 35 heavy (non-hydrogen) atoms. The van der Waals surface area contributed by atoms with Crippen LogP contribution in [0.15, 0.2) is 54.9 Å². The molecule has 0 amide bonds. The monoisotopic (exact) mass is 470 g/mol. The molecule has 180 valence electrons. The minimum absolute atomic E-state index is 0.148. The predicted octanol–water partition coefficient (Wildman–Crippen LogP) is 4.06. The number of anilines is 1. The maximum absolute atomic E-state index is 10.0. The quantitative estimate of drug-likeness (QED) is 0.503. The lowest BCUT2D eigenvalue weighted by Crippen LogP contribution is -2.37. The van der Waals surface area contributed by atoms with Gasteiger partial charge in [-0.3, -0.25) is 4.98 Å². The molecule has 2 saturated heterocycles. The largest absolute Gasteiger partial charge is 0.456 e. The third kappa shape index (κ3) is 5.15.